The van der Waals surface area contributed by atoms with Crippen LogP contribution in [0.25, 0.3) is 0 Å². The van der Waals surface area contributed by atoms with Gasteiger partial charge >= 0.3 is 0 Å². The zero-order chi connectivity index (χ0) is 95.9. The van der Waals surface area contributed by atoms with Crippen LogP contribution < -0.4 is 66.3 Å². The van der Waals surface area contributed by atoms with Crippen LogP contribution in [0.4, 0.5) is 0 Å². The highest BCUT2D eigenvalue weighted by molar-refractivity contribution is 5.50. The SMILES string of the molecule is CCc1ccc(OCc2cc(OCc3ccc(OCc4ccc(C)cc4)c(OCc4ccc(C)cc4)c3)cc(OCc3ccc(OCc4ccc(C)cc4)c(OCc4ccc(C)cc4)c3)c2)cc1.Cc1ccc(COc2ccc(COc3cc(OCc4ccc(OCc5ccc(C)cc5)c(OCc5ccc(C)cc5)c4)cc(C(C)Oc4ccc(C(C)C)cc4)c3)cc2OCc2ccc(C)cc2)cc1. The molecule has 1 atom stereocenters. The number of hydrogen-bond donors (Lipinski definition) is 0. The number of benzene rings is 16. The fraction of sp³-hybridized carbons (Fsp3) is 0.226. The van der Waals surface area contributed by atoms with Crippen molar-refractivity contribution in [3.05, 3.63) is 485 Å². The molecular formula is C124H124O14. The number of ether oxygens (including phenoxy) is 14. The summed E-state index contributed by atoms with van der Waals surface area (Å²) in [7, 11) is 0. The van der Waals surface area contributed by atoms with Crippen LogP contribution in [-0.2, 0) is 92.3 Å². The summed E-state index contributed by atoms with van der Waals surface area (Å²) >= 11 is 0. The molecule has 0 N–H and O–H groups in total. The molecule has 14 heteroatoms. The summed E-state index contributed by atoms with van der Waals surface area (Å²) in [6.07, 6.45) is 0.655. The van der Waals surface area contributed by atoms with Crippen molar-refractivity contribution in [3.8, 4) is 80.5 Å². The zero-order valence-corrected chi connectivity index (χ0v) is 81.3. The van der Waals surface area contributed by atoms with Crippen molar-refractivity contribution in [3.63, 3.8) is 0 Å². The van der Waals surface area contributed by atoms with Gasteiger partial charge in [0.25, 0.3) is 0 Å². The lowest BCUT2D eigenvalue weighted by atomic mass is 10.0. The van der Waals surface area contributed by atoms with Crippen LogP contribution in [0, 0.1) is 55.4 Å². The molecule has 0 aliphatic carbocycles. The van der Waals surface area contributed by atoms with Gasteiger partial charge in [-0.25, -0.2) is 0 Å². The molecule has 704 valence electrons. The first-order valence-corrected chi connectivity index (χ1v) is 47.4. The van der Waals surface area contributed by atoms with Crippen molar-refractivity contribution >= 4 is 0 Å². The van der Waals surface area contributed by atoms with Gasteiger partial charge in [-0.3, -0.25) is 0 Å². The van der Waals surface area contributed by atoms with Crippen LogP contribution in [0.3, 0.4) is 0 Å². The molecule has 0 saturated heterocycles. The standard InChI is InChI=1S/C63H64O7.C61H60O7/c1-43(2)55-26-28-57(29-27-55)70-48(7)56-34-58(64-41-53-24-30-60(66-37-49-16-8-44(3)9-17-49)62(32-53)68-39-51-20-12-46(5)13-21-51)36-59(35-56)65-42-54-25-31-61(67-38-50-18-10-45(4)11-19-50)63(33-54)69-40-52-22-14-47(6)15-23-52;1-6-47-23-27-55(28-24-47)62-42-54-31-56(63-40-52-25-29-58(65-36-48-15-7-43(2)8-16-48)60(33-52)67-38-50-19-11-45(4)12-20-50)35-57(32-54)64-41-53-26-30-59(66-37-49-17-9-44(3)10-18-49)61(34-53)68-39-51-21-13-46(5)14-22-51/h8-36,43,48H,37-42H2,1-7H3;7-35H,6,36-42H2,1-5H3. The number of rotatable bonds is 44. The molecule has 14 nitrogen and oxygen atoms in total. The maximum Gasteiger partial charge on any atom is 0.162 e. The Morgan fingerprint density at radius 1 is 0.159 bits per heavy atom. The Kier molecular flexibility index (Phi) is 34.4. The molecule has 0 bridgehead atoms. The van der Waals surface area contributed by atoms with Gasteiger partial charge in [-0.05, 0) is 261 Å². The second-order valence-electron chi connectivity index (χ2n) is 35.8. The lowest BCUT2D eigenvalue weighted by molar-refractivity contribution is 0.223. The molecule has 0 aliphatic rings. The summed E-state index contributed by atoms with van der Waals surface area (Å²) in [6, 6.07) is 119. The monoisotopic (exact) mass is 1840 g/mol. The van der Waals surface area contributed by atoms with Gasteiger partial charge in [0.15, 0.2) is 46.0 Å². The Labute approximate surface area is 814 Å². The molecule has 0 fully saturated rings. The van der Waals surface area contributed by atoms with Crippen molar-refractivity contribution < 1.29 is 66.3 Å². The number of aryl methyl sites for hydroxylation is 9. The molecule has 0 aromatic heterocycles. The van der Waals surface area contributed by atoms with Gasteiger partial charge in [-0.1, -0.05) is 308 Å². The second-order valence-corrected chi connectivity index (χ2v) is 35.8. The first kappa shape index (κ1) is 97.3. The third-order valence-corrected chi connectivity index (χ3v) is 23.7. The highest BCUT2D eigenvalue weighted by Crippen LogP contribution is 2.39. The maximum atomic E-state index is 6.60. The molecule has 0 heterocycles. The van der Waals surface area contributed by atoms with Crippen LogP contribution in [0.5, 0.6) is 80.5 Å². The van der Waals surface area contributed by atoms with Crippen LogP contribution in [0.2, 0.25) is 0 Å². The van der Waals surface area contributed by atoms with Gasteiger partial charge in [-0.2, -0.15) is 0 Å². The fourth-order valence-corrected chi connectivity index (χ4v) is 15.0. The van der Waals surface area contributed by atoms with Gasteiger partial charge in [0.2, 0.25) is 0 Å². The van der Waals surface area contributed by atoms with Gasteiger partial charge in [-0.15, -0.1) is 0 Å². The minimum Gasteiger partial charge on any atom is -0.489 e. The number of hydrogen-bond acceptors (Lipinski definition) is 14. The van der Waals surface area contributed by atoms with E-state index in [-0.39, 0.29) is 32.5 Å². The molecule has 0 amide bonds. The molecule has 16 aromatic carbocycles. The Bertz CT molecular complexity index is 6200. The molecule has 138 heavy (non-hydrogen) atoms. The molecule has 1 unspecified atom stereocenters. The van der Waals surface area contributed by atoms with Gasteiger partial charge < -0.3 is 66.3 Å². The summed E-state index contributed by atoms with van der Waals surface area (Å²) in [5, 5.41) is 0. The predicted molar refractivity (Wildman–Crippen MR) is 550 cm³/mol. The second kappa shape index (κ2) is 48.8. The van der Waals surface area contributed by atoms with E-state index in [4.69, 9.17) is 66.3 Å². The minimum atomic E-state index is -0.311. The van der Waals surface area contributed by atoms with Gasteiger partial charge in [0, 0.05) is 12.1 Å². The highest BCUT2D eigenvalue weighted by Gasteiger charge is 2.20. The van der Waals surface area contributed by atoms with Crippen molar-refractivity contribution in [2.75, 3.05) is 0 Å². The molecule has 0 aliphatic heterocycles. The molecule has 16 aromatic rings. The topological polar surface area (TPSA) is 129 Å². The van der Waals surface area contributed by atoms with Gasteiger partial charge in [0.05, 0.1) is 0 Å². The average Bonchev–Trinajstić information content (AvgIpc) is 0.813. The van der Waals surface area contributed by atoms with E-state index in [1.165, 1.54) is 55.6 Å². The molecule has 16 rings (SSSR count). The van der Waals surface area contributed by atoms with Crippen molar-refractivity contribution in [1.29, 1.82) is 0 Å². The van der Waals surface area contributed by atoms with Crippen LogP contribution >= 0.6 is 0 Å². The first-order chi connectivity index (χ1) is 67.2. The minimum absolute atomic E-state index is 0.277. The molecule has 0 spiro atoms. The summed E-state index contributed by atoms with van der Waals surface area (Å²) < 4.78 is 90.2. The Morgan fingerprint density at radius 2 is 0.362 bits per heavy atom. The molecule has 0 saturated carbocycles. The average molecular weight is 1840 g/mol. The van der Waals surface area contributed by atoms with E-state index in [1.807, 2.05) is 140 Å². The van der Waals surface area contributed by atoms with E-state index in [2.05, 4.69) is 295 Å². The van der Waals surface area contributed by atoms with E-state index >= 15 is 0 Å². The van der Waals surface area contributed by atoms with Crippen molar-refractivity contribution in [2.45, 2.75) is 187 Å². The van der Waals surface area contributed by atoms with Crippen LogP contribution in [0.15, 0.2) is 352 Å². The van der Waals surface area contributed by atoms with E-state index in [0.29, 0.717) is 134 Å². The fourth-order valence-electron chi connectivity index (χ4n) is 15.0. The first-order valence-electron chi connectivity index (χ1n) is 47.4. The highest BCUT2D eigenvalue weighted by atomic mass is 16.5. The zero-order valence-electron chi connectivity index (χ0n) is 81.3. The Morgan fingerprint density at radius 3 is 0.609 bits per heavy atom. The smallest absolute Gasteiger partial charge is 0.162 e. The molecule has 0 radical (unpaired) electrons. The lowest BCUT2D eigenvalue weighted by Gasteiger charge is -2.19. The quantitative estimate of drug-likeness (QED) is 0.0359. The third kappa shape index (κ3) is 30.1. The maximum absolute atomic E-state index is 6.60. The van der Waals surface area contributed by atoms with Crippen molar-refractivity contribution in [1.82, 2.24) is 0 Å². The van der Waals surface area contributed by atoms with E-state index in [1.54, 1.807) is 0 Å². The largest absolute Gasteiger partial charge is 0.489 e. The molecular weight excluding hydrogens is 1710 g/mol. The van der Waals surface area contributed by atoms with Crippen molar-refractivity contribution in [2.24, 2.45) is 0 Å². The Hall–Kier alpha value is -15.3. The third-order valence-electron chi connectivity index (χ3n) is 23.7. The summed E-state index contributed by atoms with van der Waals surface area (Å²) in [5.74, 6) is 9.82. The van der Waals surface area contributed by atoms with E-state index in [0.717, 1.165) is 95.8 Å². The van der Waals surface area contributed by atoms with Gasteiger partial charge in [0.1, 0.15) is 126 Å². The summed E-state index contributed by atoms with van der Waals surface area (Å²) in [5.41, 5.74) is 26.3. The van der Waals surface area contributed by atoms with E-state index in [9.17, 15) is 0 Å². The van der Waals surface area contributed by atoms with Crippen LogP contribution in [0.1, 0.15) is 173 Å². The Balaban J connectivity index is 0.000000209. The summed E-state index contributed by atoms with van der Waals surface area (Å²) in [4.78, 5) is 0. The summed E-state index contributed by atoms with van der Waals surface area (Å²) in [6.45, 7) is 29.9. The normalized spacial score (nSPS) is 11.2. The lowest BCUT2D eigenvalue weighted by Crippen LogP contribution is -2.06. The van der Waals surface area contributed by atoms with E-state index < -0.39 is 0 Å². The predicted octanol–water partition coefficient (Wildman–Crippen LogP) is 30.2. The van der Waals surface area contributed by atoms with Crippen LogP contribution in [-0.4, -0.2) is 0 Å².